The van der Waals surface area contributed by atoms with Crippen molar-refractivity contribution >= 4 is 54.0 Å². The van der Waals surface area contributed by atoms with Gasteiger partial charge in [-0.1, -0.05) is 36.4 Å². The van der Waals surface area contributed by atoms with Gasteiger partial charge in [0.15, 0.2) is 11.6 Å². The largest absolute Gasteiger partial charge is 0.462 e. The van der Waals surface area contributed by atoms with Crippen molar-refractivity contribution in [1.29, 1.82) is 0 Å². The Morgan fingerprint density at radius 1 is 1.19 bits per heavy atom. The molecule has 3 heterocycles. The van der Waals surface area contributed by atoms with Crippen LogP contribution in [0.4, 0.5) is 23.3 Å². The number of nitrogens with zero attached hydrogens (tertiary/aromatic N) is 4. The van der Waals surface area contributed by atoms with Crippen LogP contribution in [0.15, 0.2) is 47.5 Å². The molecular weight excluding hydrogens is 573 g/mol. The summed E-state index contributed by atoms with van der Waals surface area (Å²) in [7, 11) is -0.395. The summed E-state index contributed by atoms with van der Waals surface area (Å²) in [5.41, 5.74) is 6.54. The number of hydrogen-bond acceptors (Lipinski definition) is 12. The molecule has 2 aliphatic heterocycles. The summed E-state index contributed by atoms with van der Waals surface area (Å²) >= 11 is 0. The lowest BCUT2D eigenvalue weighted by Crippen LogP contribution is -2.36. The van der Waals surface area contributed by atoms with E-state index in [4.69, 9.17) is 24.3 Å². The molecule has 5 rings (SSSR count). The zero-order valence-electron chi connectivity index (χ0n) is 24.9. The van der Waals surface area contributed by atoms with Gasteiger partial charge in [0.1, 0.15) is 23.7 Å². The van der Waals surface area contributed by atoms with Crippen molar-refractivity contribution in [3.8, 4) is 5.75 Å². The smallest absolute Gasteiger partial charge is 0.459 e. The molecule has 0 amide bonds. The second-order valence-corrected chi connectivity index (χ2v) is 12.8. The lowest BCUT2D eigenvalue weighted by Gasteiger charge is -2.25. The van der Waals surface area contributed by atoms with Crippen molar-refractivity contribution < 1.29 is 27.9 Å². The van der Waals surface area contributed by atoms with Gasteiger partial charge in [0.2, 0.25) is 5.95 Å². The van der Waals surface area contributed by atoms with Crippen LogP contribution < -0.4 is 25.6 Å². The van der Waals surface area contributed by atoms with Gasteiger partial charge in [-0.2, -0.15) is 15.1 Å². The maximum atomic E-state index is 14.2. The van der Waals surface area contributed by atoms with Crippen LogP contribution in [-0.2, 0) is 23.4 Å². The molecule has 2 aliphatic rings. The predicted octanol–water partition coefficient (Wildman–Crippen LogP) is 4.66. The highest BCUT2D eigenvalue weighted by molar-refractivity contribution is 7.52. The third-order valence-electron chi connectivity index (χ3n) is 7.00. The van der Waals surface area contributed by atoms with Gasteiger partial charge in [-0.05, 0) is 45.1 Å². The van der Waals surface area contributed by atoms with Gasteiger partial charge in [-0.25, -0.2) is 4.57 Å². The number of nitrogen functional groups attached to an aromatic ring is 1. The topological polar surface area (TPSA) is 163 Å². The van der Waals surface area contributed by atoms with Crippen LogP contribution in [-0.4, -0.2) is 67.3 Å². The Kier molecular flexibility index (Phi) is 9.16. The number of aliphatic imine (C=N–C) groups is 1. The quantitative estimate of drug-likeness (QED) is 0.215. The Morgan fingerprint density at radius 2 is 1.95 bits per heavy atom. The standard InChI is InChI=1S/C29H38N7O6P/c1-17(2)40-28(37)18(3)35-43(38,42-23-12-8-10-19-9-6-7-11-22(19)23)39-16-21-15-20-13-14-31-24-25(32-27(20)41-21)33-29(30)34-26(24)36(4)5/h6-12,14,17-18,20-21,27H,13,15-16H2,1-5H3,(H,35,38)(H3,30,32,33,34)/b31-14-/t18-,20?,21-,27+,43-/m0/s1. The van der Waals surface area contributed by atoms with E-state index in [1.54, 1.807) is 32.9 Å². The molecule has 2 aromatic carbocycles. The number of aromatic nitrogens is 2. The highest BCUT2D eigenvalue weighted by atomic mass is 31.2. The molecule has 0 saturated carbocycles. The molecule has 1 aromatic heterocycles. The molecule has 0 bridgehead atoms. The van der Waals surface area contributed by atoms with Crippen molar-refractivity contribution in [3.63, 3.8) is 0 Å². The van der Waals surface area contributed by atoms with Gasteiger partial charge in [0, 0.05) is 31.6 Å². The molecule has 1 unspecified atom stereocenters. The number of nitrogens with two attached hydrogens (primary N) is 1. The fourth-order valence-corrected chi connectivity index (χ4v) is 6.56. The predicted molar refractivity (Wildman–Crippen MR) is 166 cm³/mol. The van der Waals surface area contributed by atoms with Crippen LogP contribution in [0.5, 0.6) is 5.75 Å². The molecule has 3 aromatic rings. The molecule has 230 valence electrons. The number of nitrogens with one attached hydrogen (secondary N) is 2. The van der Waals surface area contributed by atoms with Crippen molar-refractivity contribution in [2.75, 3.05) is 36.7 Å². The van der Waals surface area contributed by atoms with Crippen LogP contribution in [0.1, 0.15) is 33.6 Å². The Hall–Kier alpha value is -3.77. The monoisotopic (exact) mass is 611 g/mol. The van der Waals surface area contributed by atoms with E-state index in [9.17, 15) is 9.36 Å². The molecule has 13 nitrogen and oxygen atoms in total. The van der Waals surface area contributed by atoms with Crippen molar-refractivity contribution in [1.82, 2.24) is 15.1 Å². The number of fused-ring (bicyclic) bond motifs is 3. The maximum Gasteiger partial charge on any atom is 0.459 e. The minimum atomic E-state index is -4.11. The van der Waals surface area contributed by atoms with E-state index >= 15 is 0 Å². The number of hydrogen-bond donors (Lipinski definition) is 3. The van der Waals surface area contributed by atoms with E-state index in [0.29, 0.717) is 35.9 Å². The number of carbonyl (C=O) groups excluding carboxylic acids is 1. The summed E-state index contributed by atoms with van der Waals surface area (Å²) in [5.74, 6) is 0.990. The molecule has 0 aliphatic carbocycles. The molecule has 43 heavy (non-hydrogen) atoms. The number of carbonyl (C=O) groups is 1. The van der Waals surface area contributed by atoms with Crippen LogP contribution >= 0.6 is 7.75 Å². The van der Waals surface area contributed by atoms with E-state index in [1.807, 2.05) is 55.5 Å². The fourth-order valence-electron chi connectivity index (χ4n) is 5.02. The minimum absolute atomic E-state index is 0.0377. The van der Waals surface area contributed by atoms with E-state index in [1.165, 1.54) is 0 Å². The zero-order chi connectivity index (χ0) is 30.7. The van der Waals surface area contributed by atoms with Crippen LogP contribution in [0.2, 0.25) is 0 Å². The summed E-state index contributed by atoms with van der Waals surface area (Å²) in [6.45, 7) is 4.98. The Labute approximate surface area is 250 Å². The second kappa shape index (κ2) is 12.8. The number of anilines is 3. The molecule has 5 atom stereocenters. The lowest BCUT2D eigenvalue weighted by molar-refractivity contribution is -0.149. The maximum absolute atomic E-state index is 14.2. The molecule has 0 radical (unpaired) electrons. The molecule has 4 N–H and O–H groups in total. The van der Waals surface area contributed by atoms with Gasteiger partial charge in [0.05, 0.1) is 18.8 Å². The first kappa shape index (κ1) is 30.7. The summed E-state index contributed by atoms with van der Waals surface area (Å²) in [5, 5.41) is 7.75. The summed E-state index contributed by atoms with van der Waals surface area (Å²) < 4.78 is 37.8. The first-order chi connectivity index (χ1) is 20.5. The Morgan fingerprint density at radius 3 is 2.72 bits per heavy atom. The van der Waals surface area contributed by atoms with Gasteiger partial charge < -0.3 is 29.9 Å². The molecule has 1 fully saturated rings. The number of benzene rings is 2. The molecule has 0 spiro atoms. The van der Waals surface area contributed by atoms with Crippen LogP contribution in [0.3, 0.4) is 0 Å². The lowest BCUT2D eigenvalue weighted by atomic mass is 9.99. The minimum Gasteiger partial charge on any atom is -0.462 e. The van der Waals surface area contributed by atoms with Gasteiger partial charge in [-0.15, -0.1) is 0 Å². The summed E-state index contributed by atoms with van der Waals surface area (Å²) in [4.78, 5) is 27.7. The Bertz CT molecular complexity index is 1550. The van der Waals surface area contributed by atoms with Gasteiger partial charge in [-0.3, -0.25) is 14.3 Å². The second-order valence-electron chi connectivity index (χ2n) is 11.1. The van der Waals surface area contributed by atoms with Crippen molar-refractivity contribution in [2.45, 2.75) is 58.1 Å². The number of ether oxygens (including phenoxy) is 2. The van der Waals surface area contributed by atoms with E-state index in [-0.39, 0.29) is 24.6 Å². The Balaban J connectivity index is 1.34. The van der Waals surface area contributed by atoms with E-state index in [0.717, 1.165) is 10.8 Å². The van der Waals surface area contributed by atoms with Crippen molar-refractivity contribution in [2.24, 2.45) is 10.9 Å². The average molecular weight is 612 g/mol. The van der Waals surface area contributed by atoms with E-state index < -0.39 is 32.1 Å². The number of esters is 1. The van der Waals surface area contributed by atoms with Crippen molar-refractivity contribution in [3.05, 3.63) is 42.5 Å². The third-order valence-corrected chi connectivity index (χ3v) is 8.63. The highest BCUT2D eigenvalue weighted by Gasteiger charge is 2.40. The van der Waals surface area contributed by atoms with Crippen LogP contribution in [0, 0.1) is 5.92 Å². The summed E-state index contributed by atoms with van der Waals surface area (Å²) in [6, 6.07) is 12.0. The highest BCUT2D eigenvalue weighted by Crippen LogP contribution is 2.48. The first-order valence-electron chi connectivity index (χ1n) is 14.2. The molecular formula is C29H38N7O6P. The van der Waals surface area contributed by atoms with E-state index in [2.05, 4.69) is 25.4 Å². The molecule has 1 saturated heterocycles. The first-order valence-corrected chi connectivity index (χ1v) is 15.7. The number of rotatable bonds is 10. The summed E-state index contributed by atoms with van der Waals surface area (Å²) in [6.07, 6.45) is 1.86. The van der Waals surface area contributed by atoms with Gasteiger partial charge >= 0.3 is 13.7 Å². The van der Waals surface area contributed by atoms with Crippen LogP contribution in [0.25, 0.3) is 10.8 Å². The fraction of sp³-hybridized carbons (Fsp3) is 0.448. The SMILES string of the molecule is CC(C)OC(=O)[C@H](C)N[P@](=O)(OC[C@@H]1CC2C/C=N\c3c(nc(N)nc3N(C)C)N[C@@H]2O1)Oc1cccc2ccccc12. The van der Waals surface area contributed by atoms with Gasteiger partial charge in [0.25, 0.3) is 0 Å². The molecule has 14 heteroatoms. The third kappa shape index (κ3) is 7.24. The zero-order valence-corrected chi connectivity index (χ0v) is 25.8. The average Bonchev–Trinajstić information content (AvgIpc) is 3.31. The normalized spacial score (nSPS) is 22.3.